The molecule has 1 unspecified atom stereocenters. The van der Waals surface area contributed by atoms with Gasteiger partial charge in [-0.1, -0.05) is 24.3 Å². The van der Waals surface area contributed by atoms with E-state index in [4.69, 9.17) is 4.74 Å². The molecule has 1 heterocycles. The Labute approximate surface area is 173 Å². The zero-order valence-electron chi connectivity index (χ0n) is 15.9. The second-order valence-corrected chi connectivity index (χ2v) is 8.85. The molecule has 6 heteroatoms. The second-order valence-electron chi connectivity index (χ2n) is 7.69. The fourth-order valence-electron chi connectivity index (χ4n) is 3.09. The maximum Gasteiger partial charge on any atom is 0.266 e. The van der Waals surface area contributed by atoms with Gasteiger partial charge in [0.15, 0.2) is 6.61 Å². The average Bonchev–Trinajstić information content (AvgIpc) is 2.57. The van der Waals surface area contributed by atoms with Crippen LogP contribution >= 0.6 is 22.6 Å². The molecule has 0 saturated heterocycles. The number of rotatable bonds is 3. The average molecular weight is 478 g/mol. The third-order valence-electron chi connectivity index (χ3n) is 4.20. The molecular formula is C21H23IN2O3. The smallest absolute Gasteiger partial charge is 0.266 e. The number of ether oxygens (including phenoxy) is 1. The topological polar surface area (TPSA) is 58.6 Å². The molecule has 2 aromatic rings. The number of carbonyl (C=O) groups is 2. The molecule has 2 aromatic carbocycles. The Bertz CT molecular complexity index is 889. The number of fused-ring (bicyclic) bond motifs is 1. The number of anilines is 1. The summed E-state index contributed by atoms with van der Waals surface area (Å²) < 4.78 is 6.55. The summed E-state index contributed by atoms with van der Waals surface area (Å²) in [4.78, 5) is 27.7. The summed E-state index contributed by atoms with van der Waals surface area (Å²) in [6.07, 6.45) is 0. The standard InChI is InChI=1S/C21H23IN2O3/c1-13-9-10-16-17(11-13)27-12-18(25)24(16)19(20(26)23-21(2,3)4)14-7-5-6-8-15(14)22/h5-11,19H,12H2,1-4H3,(H,23,26). The molecule has 0 radical (unpaired) electrons. The Kier molecular flexibility index (Phi) is 5.46. The van der Waals surface area contributed by atoms with Crippen molar-refractivity contribution < 1.29 is 14.3 Å². The fourth-order valence-corrected chi connectivity index (χ4v) is 3.78. The van der Waals surface area contributed by atoms with Gasteiger partial charge in [-0.25, -0.2) is 0 Å². The number of carbonyl (C=O) groups excluding carboxylic acids is 2. The van der Waals surface area contributed by atoms with Gasteiger partial charge in [0.05, 0.1) is 5.69 Å². The Hall–Kier alpha value is -2.09. The van der Waals surface area contributed by atoms with Gasteiger partial charge in [0.2, 0.25) is 5.91 Å². The lowest BCUT2D eigenvalue weighted by Gasteiger charge is -2.37. The van der Waals surface area contributed by atoms with E-state index >= 15 is 0 Å². The molecule has 1 aliphatic heterocycles. The molecule has 3 rings (SSSR count). The van der Waals surface area contributed by atoms with Crippen LogP contribution in [0.2, 0.25) is 0 Å². The number of hydrogen-bond acceptors (Lipinski definition) is 3. The van der Waals surface area contributed by atoms with E-state index in [1.165, 1.54) is 0 Å². The highest BCUT2D eigenvalue weighted by atomic mass is 127. The van der Waals surface area contributed by atoms with E-state index in [-0.39, 0.29) is 18.4 Å². The summed E-state index contributed by atoms with van der Waals surface area (Å²) in [7, 11) is 0. The van der Waals surface area contributed by atoms with E-state index in [0.29, 0.717) is 11.4 Å². The normalized spacial score (nSPS) is 15.0. The van der Waals surface area contributed by atoms with Gasteiger partial charge in [0, 0.05) is 9.11 Å². The Morgan fingerprint density at radius 1 is 1.22 bits per heavy atom. The maximum absolute atomic E-state index is 13.3. The van der Waals surface area contributed by atoms with E-state index < -0.39 is 11.6 Å². The quantitative estimate of drug-likeness (QED) is 0.680. The summed E-state index contributed by atoms with van der Waals surface area (Å²) in [6, 6.07) is 12.5. The number of nitrogens with one attached hydrogen (secondary N) is 1. The lowest BCUT2D eigenvalue weighted by molar-refractivity contribution is -0.128. The first-order valence-electron chi connectivity index (χ1n) is 8.79. The van der Waals surface area contributed by atoms with Crippen LogP contribution in [0.5, 0.6) is 5.75 Å². The van der Waals surface area contributed by atoms with Crippen LogP contribution in [0.3, 0.4) is 0 Å². The van der Waals surface area contributed by atoms with E-state index in [1.54, 1.807) is 4.90 Å². The summed E-state index contributed by atoms with van der Waals surface area (Å²) in [6.45, 7) is 7.66. The van der Waals surface area contributed by atoms with Gasteiger partial charge in [-0.15, -0.1) is 0 Å². The monoisotopic (exact) mass is 478 g/mol. The molecule has 1 N–H and O–H groups in total. The Morgan fingerprint density at radius 2 is 1.93 bits per heavy atom. The van der Waals surface area contributed by atoms with E-state index in [2.05, 4.69) is 27.9 Å². The van der Waals surface area contributed by atoms with Gasteiger partial charge in [0.25, 0.3) is 5.91 Å². The van der Waals surface area contributed by atoms with Crippen LogP contribution in [0.4, 0.5) is 5.69 Å². The molecule has 5 nitrogen and oxygen atoms in total. The van der Waals surface area contributed by atoms with Crippen molar-refractivity contribution in [3.63, 3.8) is 0 Å². The number of hydrogen-bond donors (Lipinski definition) is 1. The molecule has 0 spiro atoms. The minimum absolute atomic E-state index is 0.0842. The third-order valence-corrected chi connectivity index (χ3v) is 5.18. The first-order chi connectivity index (χ1) is 12.7. The molecule has 0 fully saturated rings. The van der Waals surface area contributed by atoms with Crippen LogP contribution in [-0.4, -0.2) is 24.0 Å². The summed E-state index contributed by atoms with van der Waals surface area (Å²) >= 11 is 2.21. The fraction of sp³-hybridized carbons (Fsp3) is 0.333. The zero-order chi connectivity index (χ0) is 19.8. The van der Waals surface area contributed by atoms with Crippen molar-refractivity contribution in [2.24, 2.45) is 0 Å². The largest absolute Gasteiger partial charge is 0.482 e. The van der Waals surface area contributed by atoms with Crippen LogP contribution in [0.15, 0.2) is 42.5 Å². The van der Waals surface area contributed by atoms with E-state index in [0.717, 1.165) is 14.7 Å². The molecule has 0 aliphatic carbocycles. The van der Waals surface area contributed by atoms with Crippen molar-refractivity contribution in [1.29, 1.82) is 0 Å². The molecule has 2 amide bonds. The van der Waals surface area contributed by atoms with Crippen LogP contribution in [0, 0.1) is 10.5 Å². The predicted molar refractivity (Wildman–Crippen MR) is 114 cm³/mol. The van der Waals surface area contributed by atoms with Crippen molar-refractivity contribution >= 4 is 40.1 Å². The molecule has 1 aliphatic rings. The van der Waals surface area contributed by atoms with E-state index in [9.17, 15) is 9.59 Å². The highest BCUT2D eigenvalue weighted by Crippen LogP contribution is 2.39. The first kappa shape index (κ1) is 19.7. The number of amides is 2. The first-order valence-corrected chi connectivity index (χ1v) is 9.87. The van der Waals surface area contributed by atoms with Gasteiger partial charge in [0.1, 0.15) is 11.8 Å². The van der Waals surface area contributed by atoms with Crippen LogP contribution in [0.1, 0.15) is 37.9 Å². The molecule has 0 bridgehead atoms. The molecular weight excluding hydrogens is 455 g/mol. The van der Waals surface area contributed by atoms with Crippen LogP contribution in [0.25, 0.3) is 0 Å². The highest BCUT2D eigenvalue weighted by molar-refractivity contribution is 14.1. The predicted octanol–water partition coefficient (Wildman–Crippen LogP) is 3.98. The SMILES string of the molecule is Cc1ccc2c(c1)OCC(=O)N2C(C(=O)NC(C)(C)C)c1ccccc1I. The van der Waals surface area contributed by atoms with Crippen molar-refractivity contribution in [2.75, 3.05) is 11.5 Å². The van der Waals surface area contributed by atoms with E-state index in [1.807, 2.05) is 70.2 Å². The highest BCUT2D eigenvalue weighted by Gasteiger charge is 2.38. The van der Waals surface area contributed by atoms with Crippen molar-refractivity contribution in [3.05, 3.63) is 57.2 Å². The van der Waals surface area contributed by atoms with Crippen molar-refractivity contribution in [3.8, 4) is 5.75 Å². The Balaban J connectivity index is 2.15. The minimum Gasteiger partial charge on any atom is -0.482 e. The van der Waals surface area contributed by atoms with Gasteiger partial charge in [-0.3, -0.25) is 14.5 Å². The zero-order valence-corrected chi connectivity index (χ0v) is 18.0. The van der Waals surface area contributed by atoms with Gasteiger partial charge < -0.3 is 10.1 Å². The summed E-state index contributed by atoms with van der Waals surface area (Å²) in [5.41, 5.74) is 2.03. The number of aryl methyl sites for hydroxylation is 1. The van der Waals surface area contributed by atoms with Crippen molar-refractivity contribution in [2.45, 2.75) is 39.3 Å². The molecule has 142 valence electrons. The Morgan fingerprint density at radius 3 is 2.59 bits per heavy atom. The lowest BCUT2D eigenvalue weighted by atomic mass is 10.00. The van der Waals surface area contributed by atoms with Gasteiger partial charge in [-0.05, 0) is 79.6 Å². The minimum atomic E-state index is -0.768. The van der Waals surface area contributed by atoms with Gasteiger partial charge in [-0.2, -0.15) is 0 Å². The maximum atomic E-state index is 13.3. The summed E-state index contributed by atoms with van der Waals surface area (Å²) in [5.74, 6) is 0.169. The molecule has 0 aromatic heterocycles. The number of benzene rings is 2. The van der Waals surface area contributed by atoms with Crippen LogP contribution < -0.4 is 15.0 Å². The third kappa shape index (κ3) is 4.26. The second kappa shape index (κ2) is 7.50. The lowest BCUT2D eigenvalue weighted by Crippen LogP contribution is -2.51. The molecule has 0 saturated carbocycles. The van der Waals surface area contributed by atoms with Crippen LogP contribution in [-0.2, 0) is 9.59 Å². The number of nitrogens with zero attached hydrogens (tertiary/aromatic N) is 1. The number of halogens is 1. The van der Waals surface area contributed by atoms with Crippen molar-refractivity contribution in [1.82, 2.24) is 5.32 Å². The molecule has 27 heavy (non-hydrogen) atoms. The summed E-state index contributed by atoms with van der Waals surface area (Å²) in [5, 5.41) is 3.03. The molecule has 1 atom stereocenters. The van der Waals surface area contributed by atoms with Gasteiger partial charge >= 0.3 is 0 Å².